The normalized spacial score (nSPS) is 28.5. The fourth-order valence-corrected chi connectivity index (χ4v) is 2.25. The highest BCUT2D eigenvalue weighted by Crippen LogP contribution is 2.36. The highest BCUT2D eigenvalue weighted by molar-refractivity contribution is 6.12. The molecule has 17 heavy (non-hydrogen) atoms. The van der Waals surface area contributed by atoms with E-state index in [0.717, 1.165) is 11.4 Å². The first-order valence-electron chi connectivity index (χ1n) is 5.85. The molecule has 0 saturated carbocycles. The molecule has 0 spiro atoms. The van der Waals surface area contributed by atoms with E-state index >= 15 is 0 Å². The largest absolute Gasteiger partial charge is 0.329 e. The van der Waals surface area contributed by atoms with Crippen molar-refractivity contribution in [3.8, 4) is 0 Å². The second kappa shape index (κ2) is 3.52. The maximum atomic E-state index is 11.4. The van der Waals surface area contributed by atoms with Gasteiger partial charge in [0.25, 0.3) is 0 Å². The van der Waals surface area contributed by atoms with Gasteiger partial charge in [0.1, 0.15) is 0 Å². The lowest BCUT2D eigenvalue weighted by atomic mass is 9.82. The third-order valence-corrected chi connectivity index (χ3v) is 3.42. The molecule has 0 aromatic carbocycles. The lowest BCUT2D eigenvalue weighted by molar-refractivity contribution is -0.119. The number of allylic oxidation sites excluding steroid dienone is 2. The van der Waals surface area contributed by atoms with E-state index in [1.54, 1.807) is 0 Å². The van der Waals surface area contributed by atoms with Crippen LogP contribution in [-0.4, -0.2) is 17.5 Å². The van der Waals surface area contributed by atoms with Crippen LogP contribution in [0, 0.1) is 10.8 Å². The molecule has 1 saturated heterocycles. The van der Waals surface area contributed by atoms with Gasteiger partial charge in [0, 0.05) is 29.4 Å². The maximum absolute atomic E-state index is 11.4. The van der Waals surface area contributed by atoms with Gasteiger partial charge in [-0.05, 0) is 6.08 Å². The van der Waals surface area contributed by atoms with Crippen molar-refractivity contribution in [3.63, 3.8) is 0 Å². The predicted molar refractivity (Wildman–Crippen MR) is 65.5 cm³/mol. The number of aliphatic imine (C=N–C) groups is 1. The van der Waals surface area contributed by atoms with E-state index < -0.39 is 0 Å². The molecule has 0 aromatic heterocycles. The van der Waals surface area contributed by atoms with E-state index in [-0.39, 0.29) is 22.6 Å². The SMILES string of the molecule is CC1(C)CC(=O)NC1=CC1=NC(=O)CC1(C)C. The van der Waals surface area contributed by atoms with Crippen molar-refractivity contribution in [2.45, 2.75) is 40.5 Å². The van der Waals surface area contributed by atoms with Crippen LogP contribution in [0.3, 0.4) is 0 Å². The van der Waals surface area contributed by atoms with Crippen LogP contribution in [0.1, 0.15) is 40.5 Å². The molecule has 2 rings (SSSR count). The van der Waals surface area contributed by atoms with E-state index in [2.05, 4.69) is 10.3 Å². The molecule has 0 aliphatic carbocycles. The van der Waals surface area contributed by atoms with Gasteiger partial charge in [-0.3, -0.25) is 9.59 Å². The van der Waals surface area contributed by atoms with Crippen molar-refractivity contribution in [1.29, 1.82) is 0 Å². The minimum Gasteiger partial charge on any atom is -0.329 e. The summed E-state index contributed by atoms with van der Waals surface area (Å²) in [5.74, 6) is -0.0482. The zero-order valence-electron chi connectivity index (χ0n) is 10.8. The van der Waals surface area contributed by atoms with Gasteiger partial charge in [0.2, 0.25) is 11.8 Å². The number of hydrogen-bond donors (Lipinski definition) is 1. The van der Waals surface area contributed by atoms with Crippen molar-refractivity contribution in [2.75, 3.05) is 0 Å². The summed E-state index contributed by atoms with van der Waals surface area (Å²) >= 11 is 0. The fraction of sp³-hybridized carbons (Fsp3) is 0.615. The zero-order valence-corrected chi connectivity index (χ0v) is 10.8. The Balaban J connectivity index is 2.35. The van der Waals surface area contributed by atoms with Gasteiger partial charge in [0.05, 0.1) is 5.71 Å². The summed E-state index contributed by atoms with van der Waals surface area (Å²) in [6.07, 6.45) is 2.80. The Kier molecular flexibility index (Phi) is 2.49. The van der Waals surface area contributed by atoms with Gasteiger partial charge in [0.15, 0.2) is 0 Å². The molecule has 2 heterocycles. The average Bonchev–Trinajstić information content (AvgIpc) is 2.50. The molecule has 4 nitrogen and oxygen atoms in total. The predicted octanol–water partition coefficient (Wildman–Crippen LogP) is 1.81. The molecule has 0 aromatic rings. The smallest absolute Gasteiger partial charge is 0.246 e. The van der Waals surface area contributed by atoms with Gasteiger partial charge < -0.3 is 5.32 Å². The minimum absolute atomic E-state index is 0.0315. The molecule has 0 bridgehead atoms. The number of carbonyl (C=O) groups is 2. The van der Waals surface area contributed by atoms with Crippen molar-refractivity contribution in [1.82, 2.24) is 5.32 Å². The summed E-state index contributed by atoms with van der Waals surface area (Å²) < 4.78 is 0. The lowest BCUT2D eigenvalue weighted by Crippen LogP contribution is -2.22. The summed E-state index contributed by atoms with van der Waals surface area (Å²) in [7, 11) is 0. The first kappa shape index (κ1) is 12.0. The molecule has 0 unspecified atom stereocenters. The Labute approximate surface area is 101 Å². The average molecular weight is 234 g/mol. The molecule has 2 amide bonds. The van der Waals surface area contributed by atoms with E-state index in [0.29, 0.717) is 12.8 Å². The Hall–Kier alpha value is -1.45. The van der Waals surface area contributed by atoms with Crippen LogP contribution >= 0.6 is 0 Å². The molecule has 92 valence electrons. The number of nitrogens with one attached hydrogen (secondary N) is 1. The van der Waals surface area contributed by atoms with Crippen molar-refractivity contribution in [3.05, 3.63) is 11.8 Å². The first-order chi connectivity index (χ1) is 7.71. The Morgan fingerprint density at radius 3 is 2.18 bits per heavy atom. The second-order valence-electron chi connectivity index (χ2n) is 6.12. The molecule has 4 heteroatoms. The molecule has 0 radical (unpaired) electrons. The highest BCUT2D eigenvalue weighted by atomic mass is 16.2. The van der Waals surface area contributed by atoms with Crippen LogP contribution in [0.4, 0.5) is 0 Å². The Morgan fingerprint density at radius 1 is 1.12 bits per heavy atom. The summed E-state index contributed by atoms with van der Waals surface area (Å²) in [5, 5.41) is 2.85. The van der Waals surface area contributed by atoms with Crippen LogP contribution in [0.15, 0.2) is 16.8 Å². The van der Waals surface area contributed by atoms with Crippen molar-refractivity contribution in [2.24, 2.45) is 15.8 Å². The summed E-state index contributed by atoms with van der Waals surface area (Å²) in [5.41, 5.74) is 1.21. The number of amides is 2. The number of rotatable bonds is 1. The molecular formula is C13H18N2O2. The Morgan fingerprint density at radius 2 is 1.76 bits per heavy atom. The van der Waals surface area contributed by atoms with Crippen LogP contribution in [0.25, 0.3) is 0 Å². The quantitative estimate of drug-likeness (QED) is 0.752. The monoisotopic (exact) mass is 234 g/mol. The van der Waals surface area contributed by atoms with Crippen molar-refractivity contribution >= 4 is 17.5 Å². The van der Waals surface area contributed by atoms with Crippen molar-refractivity contribution < 1.29 is 9.59 Å². The van der Waals surface area contributed by atoms with E-state index in [4.69, 9.17) is 0 Å². The third kappa shape index (κ3) is 2.16. The highest BCUT2D eigenvalue weighted by Gasteiger charge is 2.38. The number of hydrogen-bond acceptors (Lipinski definition) is 2. The molecular weight excluding hydrogens is 216 g/mol. The van der Waals surface area contributed by atoms with Gasteiger partial charge >= 0.3 is 0 Å². The van der Waals surface area contributed by atoms with Gasteiger partial charge in [-0.25, -0.2) is 4.99 Å². The van der Waals surface area contributed by atoms with E-state index in [9.17, 15) is 9.59 Å². The van der Waals surface area contributed by atoms with Gasteiger partial charge in [-0.1, -0.05) is 27.7 Å². The minimum atomic E-state index is -0.229. The maximum Gasteiger partial charge on any atom is 0.246 e. The molecule has 1 fully saturated rings. The molecule has 0 atom stereocenters. The second-order valence-corrected chi connectivity index (χ2v) is 6.12. The van der Waals surface area contributed by atoms with Crippen LogP contribution in [0.5, 0.6) is 0 Å². The van der Waals surface area contributed by atoms with Crippen LogP contribution < -0.4 is 5.32 Å². The van der Waals surface area contributed by atoms with Gasteiger partial charge in [-0.2, -0.15) is 0 Å². The van der Waals surface area contributed by atoms with E-state index in [1.165, 1.54) is 0 Å². The van der Waals surface area contributed by atoms with E-state index in [1.807, 2.05) is 33.8 Å². The standard InChI is InChI=1S/C13H18N2O2/c1-12(2)6-10(16)14-8(12)5-9-13(3,4)7-11(17)15-9/h5H,6-7H2,1-4H3,(H,14,16). The third-order valence-electron chi connectivity index (χ3n) is 3.42. The lowest BCUT2D eigenvalue weighted by Gasteiger charge is -2.21. The summed E-state index contributed by atoms with van der Waals surface area (Å²) in [4.78, 5) is 26.8. The topological polar surface area (TPSA) is 58.5 Å². The summed E-state index contributed by atoms with van der Waals surface area (Å²) in [6, 6.07) is 0. The Bertz CT molecular complexity index is 456. The number of carbonyl (C=O) groups excluding carboxylic acids is 2. The zero-order chi connectivity index (χ0) is 12.8. The van der Waals surface area contributed by atoms with Crippen LogP contribution in [-0.2, 0) is 9.59 Å². The van der Waals surface area contributed by atoms with Crippen LogP contribution in [0.2, 0.25) is 0 Å². The molecule has 2 aliphatic rings. The molecule has 2 aliphatic heterocycles. The summed E-state index contributed by atoms with van der Waals surface area (Å²) in [6.45, 7) is 8.03. The number of nitrogens with zero attached hydrogens (tertiary/aromatic N) is 1. The fourth-order valence-electron chi connectivity index (χ4n) is 2.25. The first-order valence-corrected chi connectivity index (χ1v) is 5.85. The molecule has 1 N–H and O–H groups in total. The van der Waals surface area contributed by atoms with Gasteiger partial charge in [-0.15, -0.1) is 0 Å².